The van der Waals surface area contributed by atoms with Gasteiger partial charge in [0.15, 0.2) is 0 Å². The smallest absolute Gasteiger partial charge is 0.272 e. The number of aryl methyl sites for hydroxylation is 1. The Morgan fingerprint density at radius 2 is 1.52 bits per heavy atom. The van der Waals surface area contributed by atoms with Crippen LogP contribution in [0.3, 0.4) is 0 Å². The number of carbonyl (C=O) groups is 2. The zero-order valence-corrected chi connectivity index (χ0v) is 13.2. The van der Waals surface area contributed by atoms with Crippen LogP contribution >= 0.6 is 0 Å². The fraction of sp³-hybridized carbons (Fsp3) is 0.375. The molecule has 0 spiro atoms. The fourth-order valence-corrected chi connectivity index (χ4v) is 4.69. The first-order valence-electron chi connectivity index (χ1n) is 7.46. The summed E-state index contributed by atoms with van der Waals surface area (Å²) in [5.74, 6) is -2.04. The second kappa shape index (κ2) is 4.75. The molecular formula is C16H15NO5S. The molecule has 0 N–H and O–H groups in total. The van der Waals surface area contributed by atoms with E-state index in [1.165, 1.54) is 12.1 Å². The minimum atomic E-state index is -4.21. The molecule has 1 aromatic carbocycles. The molecule has 1 saturated heterocycles. The second-order valence-electron chi connectivity index (χ2n) is 6.31. The number of carbonyl (C=O) groups excluding carboxylic acids is 2. The molecule has 1 saturated carbocycles. The van der Waals surface area contributed by atoms with Crippen LogP contribution in [0.2, 0.25) is 0 Å². The molecule has 4 rings (SSSR count). The summed E-state index contributed by atoms with van der Waals surface area (Å²) in [4.78, 5) is 24.8. The Hall–Kier alpha value is -1.99. The normalized spacial score (nSPS) is 32.0. The highest BCUT2D eigenvalue weighted by Gasteiger charge is 2.60. The van der Waals surface area contributed by atoms with Gasteiger partial charge in [-0.3, -0.25) is 9.59 Å². The second-order valence-corrected chi connectivity index (χ2v) is 7.84. The average Bonchev–Trinajstić information content (AvgIpc) is 3.17. The highest BCUT2D eigenvalue weighted by molar-refractivity contribution is 7.86. The van der Waals surface area contributed by atoms with E-state index in [9.17, 15) is 18.0 Å². The van der Waals surface area contributed by atoms with E-state index in [0.717, 1.165) is 12.0 Å². The Kier molecular flexibility index (Phi) is 3.01. The van der Waals surface area contributed by atoms with E-state index in [-0.39, 0.29) is 16.7 Å². The number of allylic oxidation sites excluding steroid dienone is 2. The summed E-state index contributed by atoms with van der Waals surface area (Å²) in [7, 11) is -4.21. The minimum Gasteiger partial charge on any atom is -0.272 e. The lowest BCUT2D eigenvalue weighted by molar-refractivity contribution is -0.166. The zero-order chi connectivity index (χ0) is 16.4. The van der Waals surface area contributed by atoms with E-state index < -0.39 is 33.8 Å². The van der Waals surface area contributed by atoms with Crippen molar-refractivity contribution in [1.29, 1.82) is 0 Å². The number of hydrogen-bond acceptors (Lipinski definition) is 5. The molecule has 6 nitrogen and oxygen atoms in total. The van der Waals surface area contributed by atoms with Crippen molar-refractivity contribution in [3.05, 3.63) is 42.0 Å². The number of hydroxylamine groups is 2. The summed E-state index contributed by atoms with van der Waals surface area (Å²) >= 11 is 0. The van der Waals surface area contributed by atoms with E-state index in [1.807, 2.05) is 19.1 Å². The number of imide groups is 1. The molecule has 2 aliphatic carbocycles. The van der Waals surface area contributed by atoms with Gasteiger partial charge in [0.2, 0.25) is 0 Å². The minimum absolute atomic E-state index is 0.0112. The van der Waals surface area contributed by atoms with Crippen molar-refractivity contribution in [1.82, 2.24) is 5.06 Å². The van der Waals surface area contributed by atoms with E-state index in [1.54, 1.807) is 12.1 Å². The monoisotopic (exact) mass is 333 g/mol. The van der Waals surface area contributed by atoms with Crippen molar-refractivity contribution in [3.63, 3.8) is 0 Å². The Balaban J connectivity index is 1.61. The predicted molar refractivity (Wildman–Crippen MR) is 79.0 cm³/mol. The summed E-state index contributed by atoms with van der Waals surface area (Å²) in [5, 5.41) is 0.455. The van der Waals surface area contributed by atoms with Crippen molar-refractivity contribution in [3.8, 4) is 0 Å². The molecule has 1 aliphatic heterocycles. The first-order chi connectivity index (χ1) is 10.9. The molecule has 23 heavy (non-hydrogen) atoms. The highest BCUT2D eigenvalue weighted by Crippen LogP contribution is 2.52. The van der Waals surface area contributed by atoms with Crippen LogP contribution in [0.15, 0.2) is 41.3 Å². The molecule has 2 bridgehead atoms. The van der Waals surface area contributed by atoms with Crippen LogP contribution < -0.4 is 0 Å². The van der Waals surface area contributed by atoms with Gasteiger partial charge in [0, 0.05) is 0 Å². The van der Waals surface area contributed by atoms with Crippen molar-refractivity contribution in [2.24, 2.45) is 23.7 Å². The quantitative estimate of drug-likeness (QED) is 0.617. The van der Waals surface area contributed by atoms with Crippen LogP contribution in [0.25, 0.3) is 0 Å². The van der Waals surface area contributed by atoms with E-state index in [4.69, 9.17) is 4.28 Å². The number of amides is 2. The van der Waals surface area contributed by atoms with E-state index in [2.05, 4.69) is 0 Å². The highest BCUT2D eigenvalue weighted by atomic mass is 32.2. The van der Waals surface area contributed by atoms with E-state index in [0.29, 0.717) is 5.06 Å². The van der Waals surface area contributed by atoms with Crippen molar-refractivity contribution in [2.45, 2.75) is 18.2 Å². The van der Waals surface area contributed by atoms with Crippen LogP contribution in [0.1, 0.15) is 12.0 Å². The number of nitrogens with zero attached hydrogens (tertiary/aromatic N) is 1. The van der Waals surface area contributed by atoms with Gasteiger partial charge in [-0.15, -0.1) is 9.35 Å². The number of benzene rings is 1. The Labute approximate surface area is 133 Å². The molecular weight excluding hydrogens is 318 g/mol. The average molecular weight is 333 g/mol. The molecule has 120 valence electrons. The van der Waals surface area contributed by atoms with Crippen LogP contribution in [0.5, 0.6) is 0 Å². The molecule has 3 aliphatic rings. The van der Waals surface area contributed by atoms with Gasteiger partial charge in [-0.05, 0) is 37.3 Å². The van der Waals surface area contributed by atoms with Crippen LogP contribution in [-0.2, 0) is 24.0 Å². The van der Waals surface area contributed by atoms with Gasteiger partial charge in [-0.2, -0.15) is 8.42 Å². The lowest BCUT2D eigenvalue weighted by Crippen LogP contribution is -2.35. The van der Waals surface area contributed by atoms with Crippen LogP contribution in [0, 0.1) is 30.6 Å². The predicted octanol–water partition coefficient (Wildman–Crippen LogP) is 1.42. The molecule has 0 aromatic heterocycles. The Bertz CT molecular complexity index is 797. The van der Waals surface area contributed by atoms with Gasteiger partial charge in [0.25, 0.3) is 11.8 Å². The molecule has 0 radical (unpaired) electrons. The fourth-order valence-electron chi connectivity index (χ4n) is 3.79. The number of rotatable bonds is 3. The maximum absolute atomic E-state index is 12.4. The number of hydrogen-bond donors (Lipinski definition) is 0. The molecule has 4 unspecified atom stereocenters. The summed E-state index contributed by atoms with van der Waals surface area (Å²) in [5.41, 5.74) is 0.898. The molecule has 7 heteroatoms. The maximum atomic E-state index is 12.4. The lowest BCUT2D eigenvalue weighted by atomic mass is 9.85. The first kappa shape index (κ1) is 14.6. The molecule has 1 aromatic rings. The van der Waals surface area contributed by atoms with Gasteiger partial charge in [0.05, 0.1) is 16.7 Å². The third-order valence-electron chi connectivity index (χ3n) is 4.91. The summed E-state index contributed by atoms with van der Waals surface area (Å²) in [6, 6.07) is 6.04. The Morgan fingerprint density at radius 1 is 1.00 bits per heavy atom. The molecule has 1 heterocycles. The van der Waals surface area contributed by atoms with E-state index >= 15 is 0 Å². The third-order valence-corrected chi connectivity index (χ3v) is 6.11. The molecule has 4 atom stereocenters. The number of fused-ring (bicyclic) bond motifs is 5. The van der Waals surface area contributed by atoms with Gasteiger partial charge < -0.3 is 0 Å². The topological polar surface area (TPSA) is 80.8 Å². The summed E-state index contributed by atoms with van der Waals surface area (Å²) in [6.07, 6.45) is 4.66. The maximum Gasteiger partial charge on any atom is 0.318 e. The molecule has 2 amide bonds. The summed E-state index contributed by atoms with van der Waals surface area (Å²) in [6.45, 7) is 1.83. The SMILES string of the molecule is Cc1ccc(S(=O)(=O)ON2C(=O)C3C4C=CC(C4)C3C2=O)cc1. The van der Waals surface area contributed by atoms with Gasteiger partial charge in [-0.1, -0.05) is 29.8 Å². The zero-order valence-electron chi connectivity index (χ0n) is 12.4. The van der Waals surface area contributed by atoms with Gasteiger partial charge in [-0.25, -0.2) is 0 Å². The van der Waals surface area contributed by atoms with Gasteiger partial charge in [0.1, 0.15) is 0 Å². The first-order valence-corrected chi connectivity index (χ1v) is 8.87. The van der Waals surface area contributed by atoms with Crippen molar-refractivity contribution >= 4 is 21.9 Å². The molecule has 2 fully saturated rings. The Morgan fingerprint density at radius 3 is 2.04 bits per heavy atom. The largest absolute Gasteiger partial charge is 0.318 e. The van der Waals surface area contributed by atoms with Gasteiger partial charge >= 0.3 is 10.1 Å². The third kappa shape index (κ3) is 2.07. The van der Waals surface area contributed by atoms with Crippen molar-refractivity contribution < 1.29 is 22.3 Å². The van der Waals surface area contributed by atoms with Crippen LogP contribution in [-0.4, -0.2) is 25.3 Å². The lowest BCUT2D eigenvalue weighted by Gasteiger charge is -2.16. The summed E-state index contributed by atoms with van der Waals surface area (Å²) < 4.78 is 29.5. The standard InChI is InChI=1S/C16H15NO5S/c1-9-2-6-12(7-3-9)23(20,21)22-17-15(18)13-10-4-5-11(8-10)14(13)16(17)19/h2-7,10-11,13-14H,8H2,1H3. The van der Waals surface area contributed by atoms with Crippen LogP contribution in [0.4, 0.5) is 0 Å². The van der Waals surface area contributed by atoms with Crippen molar-refractivity contribution in [2.75, 3.05) is 0 Å².